The molecule has 0 bridgehead atoms. The second-order valence-corrected chi connectivity index (χ2v) is 3.14. The Morgan fingerprint density at radius 3 is 2.85 bits per heavy atom. The van der Waals surface area contributed by atoms with E-state index in [9.17, 15) is 4.79 Å². The maximum Gasteiger partial charge on any atom is 0.221 e. The molecule has 1 atom stereocenters. The van der Waals surface area contributed by atoms with Crippen LogP contribution in [0.25, 0.3) is 0 Å². The molecule has 0 saturated heterocycles. The molecule has 3 nitrogen and oxygen atoms in total. The first-order valence-electron chi connectivity index (χ1n) is 4.75. The summed E-state index contributed by atoms with van der Waals surface area (Å²) in [7, 11) is 1.66. The van der Waals surface area contributed by atoms with Crippen molar-refractivity contribution in [2.24, 2.45) is 0 Å². The van der Waals surface area contributed by atoms with Gasteiger partial charge >= 0.3 is 0 Å². The molecule has 0 rings (SSSR count). The van der Waals surface area contributed by atoms with E-state index in [0.29, 0.717) is 12.5 Å². The molecule has 0 spiro atoms. The van der Waals surface area contributed by atoms with Gasteiger partial charge in [-0.25, -0.2) is 0 Å². The van der Waals surface area contributed by atoms with Crippen molar-refractivity contribution in [3.8, 4) is 0 Å². The van der Waals surface area contributed by atoms with E-state index in [1.54, 1.807) is 7.05 Å². The lowest BCUT2D eigenvalue weighted by Gasteiger charge is -2.11. The molecule has 0 aliphatic rings. The molecule has 0 aromatic rings. The second kappa shape index (κ2) is 7.80. The van der Waals surface area contributed by atoms with Gasteiger partial charge in [-0.1, -0.05) is 6.08 Å². The van der Waals surface area contributed by atoms with E-state index in [4.69, 9.17) is 0 Å². The molecule has 13 heavy (non-hydrogen) atoms. The Bertz CT molecular complexity index is 157. The highest BCUT2D eigenvalue weighted by atomic mass is 16.1. The van der Waals surface area contributed by atoms with Crippen molar-refractivity contribution in [1.29, 1.82) is 0 Å². The summed E-state index contributed by atoms with van der Waals surface area (Å²) in [6.07, 6.45) is 4.57. The van der Waals surface area contributed by atoms with Gasteiger partial charge in [0.15, 0.2) is 0 Å². The predicted octanol–water partition coefficient (Wildman–Crippen LogP) is 1.07. The number of nitrogens with one attached hydrogen (secondary N) is 2. The van der Waals surface area contributed by atoms with Gasteiger partial charge < -0.3 is 10.6 Å². The third kappa shape index (κ3) is 7.53. The van der Waals surface area contributed by atoms with Crippen molar-refractivity contribution < 1.29 is 4.79 Å². The van der Waals surface area contributed by atoms with E-state index >= 15 is 0 Å². The molecule has 0 radical (unpaired) electrons. The Balaban J connectivity index is 3.30. The van der Waals surface area contributed by atoms with Gasteiger partial charge in [0.2, 0.25) is 5.91 Å². The molecule has 0 fully saturated rings. The van der Waals surface area contributed by atoms with Crippen LogP contribution in [0.5, 0.6) is 0 Å². The molecule has 1 amide bonds. The minimum atomic E-state index is 0.0865. The van der Waals surface area contributed by atoms with Gasteiger partial charge in [-0.05, 0) is 19.8 Å². The van der Waals surface area contributed by atoms with Crippen LogP contribution in [0, 0.1) is 0 Å². The zero-order chi connectivity index (χ0) is 10.1. The monoisotopic (exact) mass is 184 g/mol. The fourth-order valence-electron chi connectivity index (χ4n) is 1.03. The van der Waals surface area contributed by atoms with Crippen LogP contribution in [-0.4, -0.2) is 25.5 Å². The fourth-order valence-corrected chi connectivity index (χ4v) is 1.03. The summed E-state index contributed by atoms with van der Waals surface area (Å²) in [5.74, 6) is 0.0865. The Morgan fingerprint density at radius 1 is 1.62 bits per heavy atom. The van der Waals surface area contributed by atoms with Crippen molar-refractivity contribution in [2.45, 2.75) is 32.2 Å². The summed E-state index contributed by atoms with van der Waals surface area (Å²) >= 11 is 0. The Hall–Kier alpha value is -0.830. The van der Waals surface area contributed by atoms with E-state index in [0.717, 1.165) is 19.4 Å². The highest BCUT2D eigenvalue weighted by Crippen LogP contribution is 1.96. The zero-order valence-electron chi connectivity index (χ0n) is 8.60. The largest absolute Gasteiger partial charge is 0.359 e. The van der Waals surface area contributed by atoms with E-state index in [2.05, 4.69) is 24.1 Å². The average Bonchev–Trinajstić information content (AvgIpc) is 2.14. The van der Waals surface area contributed by atoms with Gasteiger partial charge in [0, 0.05) is 26.1 Å². The van der Waals surface area contributed by atoms with Gasteiger partial charge in [-0.15, -0.1) is 6.58 Å². The van der Waals surface area contributed by atoms with Crippen molar-refractivity contribution >= 4 is 5.91 Å². The van der Waals surface area contributed by atoms with Crippen molar-refractivity contribution in [2.75, 3.05) is 13.6 Å². The van der Waals surface area contributed by atoms with Crippen LogP contribution in [0.4, 0.5) is 0 Å². The number of carbonyl (C=O) groups is 1. The molecule has 1 unspecified atom stereocenters. The number of hydrogen-bond donors (Lipinski definition) is 2. The highest BCUT2D eigenvalue weighted by molar-refractivity contribution is 5.75. The predicted molar refractivity (Wildman–Crippen MR) is 55.6 cm³/mol. The molecular formula is C10H20N2O. The van der Waals surface area contributed by atoms with Crippen LogP contribution in [-0.2, 0) is 4.79 Å². The van der Waals surface area contributed by atoms with E-state index in [1.165, 1.54) is 0 Å². The molecule has 2 N–H and O–H groups in total. The maximum absolute atomic E-state index is 10.8. The summed E-state index contributed by atoms with van der Waals surface area (Å²) < 4.78 is 0. The molecule has 3 heteroatoms. The lowest BCUT2D eigenvalue weighted by molar-refractivity contribution is -0.120. The van der Waals surface area contributed by atoms with E-state index < -0.39 is 0 Å². The van der Waals surface area contributed by atoms with E-state index in [-0.39, 0.29) is 5.91 Å². The topological polar surface area (TPSA) is 41.1 Å². The number of amides is 1. The molecule has 0 saturated carbocycles. The van der Waals surface area contributed by atoms with Gasteiger partial charge in [0.25, 0.3) is 0 Å². The Kier molecular flexibility index (Phi) is 7.30. The first-order chi connectivity index (χ1) is 6.20. The van der Waals surface area contributed by atoms with Crippen molar-refractivity contribution in [3.05, 3.63) is 12.7 Å². The quantitative estimate of drug-likeness (QED) is 0.581. The summed E-state index contributed by atoms with van der Waals surface area (Å²) in [6, 6.07) is 0.461. The first kappa shape index (κ1) is 12.2. The smallest absolute Gasteiger partial charge is 0.221 e. The Labute approximate surface area is 80.6 Å². The van der Waals surface area contributed by atoms with Gasteiger partial charge in [0.1, 0.15) is 0 Å². The maximum atomic E-state index is 10.8. The number of allylic oxidation sites excluding steroid dienone is 1. The molecule has 0 aliphatic heterocycles. The minimum Gasteiger partial charge on any atom is -0.359 e. The summed E-state index contributed by atoms with van der Waals surface area (Å²) in [6.45, 7) is 6.53. The van der Waals surface area contributed by atoms with Gasteiger partial charge in [-0.2, -0.15) is 0 Å². The van der Waals surface area contributed by atoms with Crippen LogP contribution in [0.2, 0.25) is 0 Å². The van der Waals surface area contributed by atoms with E-state index in [1.807, 2.05) is 6.08 Å². The lowest BCUT2D eigenvalue weighted by atomic mass is 10.2. The SMILES string of the molecule is C=CCCC(C)NCCC(=O)NC. The summed E-state index contributed by atoms with van der Waals surface area (Å²) in [5.41, 5.74) is 0. The third-order valence-electron chi connectivity index (χ3n) is 1.93. The molecule has 0 aliphatic carbocycles. The molecule has 0 aromatic carbocycles. The second-order valence-electron chi connectivity index (χ2n) is 3.14. The van der Waals surface area contributed by atoms with Gasteiger partial charge in [0.05, 0.1) is 0 Å². The molecule has 76 valence electrons. The van der Waals surface area contributed by atoms with Crippen molar-refractivity contribution in [1.82, 2.24) is 10.6 Å². The van der Waals surface area contributed by atoms with Gasteiger partial charge in [-0.3, -0.25) is 4.79 Å². The summed E-state index contributed by atoms with van der Waals surface area (Å²) in [4.78, 5) is 10.8. The zero-order valence-corrected chi connectivity index (χ0v) is 8.60. The molecule has 0 heterocycles. The average molecular weight is 184 g/mol. The third-order valence-corrected chi connectivity index (χ3v) is 1.93. The van der Waals surface area contributed by atoms with Crippen LogP contribution in [0.3, 0.4) is 0 Å². The van der Waals surface area contributed by atoms with Crippen LogP contribution in [0.1, 0.15) is 26.2 Å². The fraction of sp³-hybridized carbons (Fsp3) is 0.700. The highest BCUT2D eigenvalue weighted by Gasteiger charge is 2.01. The lowest BCUT2D eigenvalue weighted by Crippen LogP contribution is -2.30. The normalized spacial score (nSPS) is 12.2. The van der Waals surface area contributed by atoms with Crippen LogP contribution >= 0.6 is 0 Å². The number of carbonyl (C=O) groups excluding carboxylic acids is 1. The van der Waals surface area contributed by atoms with Crippen LogP contribution < -0.4 is 10.6 Å². The standard InChI is InChI=1S/C10H20N2O/c1-4-5-6-9(2)12-8-7-10(13)11-3/h4,9,12H,1,5-8H2,2-3H3,(H,11,13). The van der Waals surface area contributed by atoms with Crippen LogP contribution in [0.15, 0.2) is 12.7 Å². The molecule has 0 aromatic heterocycles. The first-order valence-corrected chi connectivity index (χ1v) is 4.75. The minimum absolute atomic E-state index is 0.0865. The summed E-state index contributed by atoms with van der Waals surface area (Å²) in [5, 5.41) is 5.86. The Morgan fingerprint density at radius 2 is 2.31 bits per heavy atom. The number of rotatable bonds is 7. The van der Waals surface area contributed by atoms with Crippen molar-refractivity contribution in [3.63, 3.8) is 0 Å². The number of hydrogen-bond acceptors (Lipinski definition) is 2. The molecular weight excluding hydrogens is 164 g/mol.